The van der Waals surface area contributed by atoms with Crippen LogP contribution in [0, 0.1) is 141 Å². The predicted octanol–water partition coefficient (Wildman–Crippen LogP) is 14.2. The third-order valence-corrected chi connectivity index (χ3v) is 30.5. The molecule has 0 radical (unpaired) electrons. The van der Waals surface area contributed by atoms with Crippen molar-refractivity contribution in [2.24, 2.45) is 151 Å². The topological polar surface area (TPSA) is 198 Å². The molecule has 12 saturated carbocycles. The number of carbonyl (C=O) groups is 3. The second kappa shape index (κ2) is 26.3. The summed E-state index contributed by atoms with van der Waals surface area (Å²) in [5.41, 5.74) is -0.851. The molecule has 15 heteroatoms. The Labute approximate surface area is 543 Å². The van der Waals surface area contributed by atoms with E-state index in [-0.39, 0.29) is 35.5 Å². The smallest absolute Gasteiger partial charge is 0.159 e. The minimum atomic E-state index is -0.484. The van der Waals surface area contributed by atoms with Crippen LogP contribution < -0.4 is 0 Å². The number of hydrogen-bond donors (Lipinski definition) is 3. The second-order valence-corrected chi connectivity index (χ2v) is 34.5. The van der Waals surface area contributed by atoms with E-state index in [0.717, 1.165) is 104 Å². The van der Waals surface area contributed by atoms with Crippen LogP contribution in [0.5, 0.6) is 0 Å². The van der Waals surface area contributed by atoms with Crippen LogP contribution in [-0.4, -0.2) is 104 Å². The van der Waals surface area contributed by atoms with Gasteiger partial charge in [0.05, 0.1) is 40.7 Å². The van der Waals surface area contributed by atoms with Gasteiger partial charge in [0.2, 0.25) is 0 Å². The van der Waals surface area contributed by atoms with E-state index < -0.39 is 16.8 Å². The normalized spacial score (nSPS) is 48.5. The lowest BCUT2D eigenvalue weighted by molar-refractivity contribution is -0.137. The quantitative estimate of drug-likeness (QED) is 0.214. The lowest BCUT2D eigenvalue weighted by atomic mass is 9.48. The van der Waals surface area contributed by atoms with E-state index >= 15 is 0 Å². The van der Waals surface area contributed by atoms with Gasteiger partial charge >= 0.3 is 0 Å². The second-order valence-electron chi connectivity index (χ2n) is 33.9. The third kappa shape index (κ3) is 12.7. The number of nitrogens with zero attached hydrogens (tertiary/aromatic N) is 8. The summed E-state index contributed by atoms with van der Waals surface area (Å²) in [7, 11) is 0. The number of alkyl halides is 1. The average molecular weight is 1290 g/mol. The first-order valence-corrected chi connectivity index (χ1v) is 37.0. The summed E-state index contributed by atoms with van der Waals surface area (Å²) in [6.07, 6.45) is 38.9. The number of rotatable bonds is 8. The van der Waals surface area contributed by atoms with Crippen LogP contribution in [0.15, 0.2) is 34.8 Å². The summed E-state index contributed by atoms with van der Waals surface area (Å²) in [4.78, 5) is 47.8. The Hall–Kier alpha value is -3.01. The SMILES string of the molecule is C.C1=NCN=C1.C[C@H]1C[C@H]2[C@@H](CC[C@@H]3[C@@H]2CC[C@]2(C)[C@@H](C(=O)CBr)CC[C@@H]32)C[C@]1(C)O.C[C@H]1C[C@H]2[C@@H](CC[C@@H]3[C@@H]2CC[C@]2(C)[C@@H](C(=O)Cn4ccnn4)CC[C@@H]32)C[C@]1(C)O.C[C@H]1C[C@H]2[C@@H](CC[C@@H]3[C@@H]2CC[C@]2(C)[C@@H](C(=O)Cn4nccn4)CC[C@@H]32)C[C@]1(C)O. The van der Waals surface area contributed by atoms with E-state index in [9.17, 15) is 29.7 Å². The Morgan fingerprint density at radius 2 is 0.843 bits per heavy atom. The van der Waals surface area contributed by atoms with Crippen molar-refractivity contribution >= 4 is 45.7 Å². The molecule has 0 spiro atoms. The largest absolute Gasteiger partial charge is 0.390 e. The van der Waals surface area contributed by atoms with Gasteiger partial charge in [-0.2, -0.15) is 15.0 Å². The number of aliphatic hydroxyl groups is 3. The summed E-state index contributed by atoms with van der Waals surface area (Å²) >= 11 is 3.42. The number of fused-ring (bicyclic) bond motifs is 15. The Balaban J connectivity index is 0.000000132. The fraction of sp³-hybridized carbons (Fsp3) is 0.878. The van der Waals surface area contributed by atoms with Crippen molar-refractivity contribution in [1.29, 1.82) is 0 Å². The van der Waals surface area contributed by atoms with Crippen molar-refractivity contribution in [2.75, 3.05) is 12.0 Å². The fourth-order valence-electron chi connectivity index (χ4n) is 24.8. The molecule has 3 N–H and O–H groups in total. The first kappa shape index (κ1) is 67.4. The van der Waals surface area contributed by atoms with Crippen molar-refractivity contribution in [2.45, 2.75) is 254 Å². The molecule has 14 nitrogen and oxygen atoms in total. The van der Waals surface area contributed by atoms with Crippen molar-refractivity contribution in [3.8, 4) is 0 Å². The Bertz CT molecular complexity index is 2680. The van der Waals surface area contributed by atoms with Crippen LogP contribution in [0.4, 0.5) is 0 Å². The van der Waals surface area contributed by atoms with Crippen LogP contribution >= 0.6 is 15.9 Å². The summed E-state index contributed by atoms with van der Waals surface area (Å²) in [6.45, 7) is 21.5. The molecule has 2 aromatic heterocycles. The molecule has 0 amide bonds. The number of aromatic nitrogens is 6. The van der Waals surface area contributed by atoms with Crippen molar-refractivity contribution in [3.63, 3.8) is 0 Å². The first-order valence-electron chi connectivity index (χ1n) is 35.8. The van der Waals surface area contributed by atoms with Gasteiger partial charge in [-0.3, -0.25) is 24.4 Å². The molecule has 2 aromatic rings. The number of aliphatic imine (C=N–C) groups is 2. The van der Waals surface area contributed by atoms with Crippen LogP contribution in [0.1, 0.15) is 224 Å². The summed E-state index contributed by atoms with van der Waals surface area (Å²) < 4.78 is 1.69. The molecule has 12 aliphatic carbocycles. The van der Waals surface area contributed by atoms with Crippen molar-refractivity contribution in [3.05, 3.63) is 24.8 Å². The molecular formula is C74H117BrN8O6. The monoisotopic (exact) mass is 1290 g/mol. The molecule has 13 aliphatic rings. The van der Waals surface area contributed by atoms with Crippen LogP contribution in [-0.2, 0) is 27.5 Å². The average Bonchev–Trinajstić information content (AvgIpc) is 1.70. The lowest BCUT2D eigenvalue weighted by Gasteiger charge is -2.58. The maximum absolute atomic E-state index is 13.2. The molecule has 0 saturated heterocycles. The van der Waals surface area contributed by atoms with Gasteiger partial charge in [-0.15, -0.1) is 5.10 Å². The summed E-state index contributed by atoms with van der Waals surface area (Å²) in [6, 6.07) is 0. The molecular weight excluding hydrogens is 1180 g/mol. The van der Waals surface area contributed by atoms with Crippen LogP contribution in [0.3, 0.4) is 0 Å². The molecule has 496 valence electrons. The molecule has 27 atom stereocenters. The van der Waals surface area contributed by atoms with E-state index in [1.165, 1.54) is 116 Å². The van der Waals surface area contributed by atoms with Gasteiger partial charge in [-0.1, -0.05) is 70.1 Å². The van der Waals surface area contributed by atoms with Gasteiger partial charge in [0, 0.05) is 36.4 Å². The zero-order chi connectivity index (χ0) is 62.3. The van der Waals surface area contributed by atoms with Crippen molar-refractivity contribution < 1.29 is 29.7 Å². The molecule has 12 fully saturated rings. The fourth-order valence-corrected chi connectivity index (χ4v) is 25.2. The Morgan fingerprint density at radius 3 is 1.18 bits per heavy atom. The number of hydrogen-bond acceptors (Lipinski definition) is 12. The van der Waals surface area contributed by atoms with E-state index in [1.54, 1.807) is 46.7 Å². The highest BCUT2D eigenvalue weighted by atomic mass is 79.9. The highest BCUT2D eigenvalue weighted by Crippen LogP contribution is 2.69. The maximum Gasteiger partial charge on any atom is 0.159 e. The third-order valence-electron chi connectivity index (χ3n) is 29.9. The standard InChI is InChI=1S/2C24H37N3O2.C22H35BrO2.C3H4N2.CH4/c1-15-12-19-16(13-24(15,3)29)4-5-18-17(19)8-9-23(2)20(18)6-7-21(23)22(28)14-27-11-10-25-26-27;1-15-12-19-16(13-24(15,3)29)4-5-18-17(19)8-9-23(2)20(18)6-7-21(23)22(28)14-27-25-10-11-26-27;1-13-10-17-14(11-22(13,3)25)4-5-16-15(17)8-9-21(2)18(16)6-7-19(21)20(24)12-23;1-2-5-3-4-1;/h2*10-11,15-21,29H,4-9,12-14H2,1-3H3;13-19,25H,4-12H2,1-3H3;1-2H,3H2;1H4/t2*15-,16-,17-,18+,19-,20-,21+,23-,24-;13-,14-,15-,16+,17-,18-,19+,21-,22-;;/m000../s1. The molecule has 0 aromatic carbocycles. The highest BCUT2D eigenvalue weighted by Gasteiger charge is 2.63. The molecule has 0 bridgehead atoms. The number of ketones is 3. The molecule has 1 aliphatic heterocycles. The maximum atomic E-state index is 13.2. The van der Waals surface area contributed by atoms with Gasteiger partial charge in [-0.25, -0.2) is 4.68 Å². The summed E-state index contributed by atoms with van der Waals surface area (Å²) in [5, 5.41) is 49.1. The van der Waals surface area contributed by atoms with Gasteiger partial charge in [0.15, 0.2) is 11.6 Å². The van der Waals surface area contributed by atoms with Crippen LogP contribution in [0.25, 0.3) is 0 Å². The minimum Gasteiger partial charge on any atom is -0.390 e. The van der Waals surface area contributed by atoms with E-state index in [2.05, 4.69) is 109 Å². The molecule has 15 rings (SSSR count). The Morgan fingerprint density at radius 1 is 0.472 bits per heavy atom. The van der Waals surface area contributed by atoms with Crippen LogP contribution in [0.2, 0.25) is 0 Å². The number of halogens is 1. The van der Waals surface area contributed by atoms with Gasteiger partial charge in [-0.05, 0) is 298 Å². The van der Waals surface area contributed by atoms with Gasteiger partial charge < -0.3 is 15.3 Å². The first-order chi connectivity index (χ1) is 41.9. The number of Topliss-reactive ketones (excluding diaryl/α,β-unsaturated/α-hetero) is 3. The summed E-state index contributed by atoms with van der Waals surface area (Å²) in [5.74, 6) is 14.6. The Kier molecular flexibility index (Phi) is 19.9. The number of carbonyl (C=O) groups excluding carboxylic acids is 3. The molecule has 89 heavy (non-hydrogen) atoms. The zero-order valence-electron chi connectivity index (χ0n) is 55.4. The van der Waals surface area contributed by atoms with Gasteiger partial charge in [0.25, 0.3) is 0 Å². The molecule has 0 unspecified atom stereocenters. The lowest BCUT2D eigenvalue weighted by Crippen LogP contribution is -2.53. The molecule has 3 heterocycles. The predicted molar refractivity (Wildman–Crippen MR) is 355 cm³/mol. The van der Waals surface area contributed by atoms with E-state index in [1.807, 2.05) is 0 Å². The minimum absolute atomic E-state index is 0. The van der Waals surface area contributed by atoms with Crippen molar-refractivity contribution in [1.82, 2.24) is 30.0 Å². The highest BCUT2D eigenvalue weighted by molar-refractivity contribution is 9.09. The zero-order valence-corrected chi connectivity index (χ0v) is 57.0. The van der Waals surface area contributed by atoms with Gasteiger partial charge in [0.1, 0.15) is 25.5 Å². The van der Waals surface area contributed by atoms with E-state index in [0.29, 0.717) is 89.8 Å². The van der Waals surface area contributed by atoms with E-state index in [4.69, 9.17) is 0 Å².